The molecule has 6 nitrogen and oxygen atoms in total. The Kier molecular flexibility index (Phi) is 7.65. The van der Waals surface area contributed by atoms with Crippen LogP contribution in [-0.2, 0) is 9.59 Å². The van der Waals surface area contributed by atoms with Crippen molar-refractivity contribution in [3.63, 3.8) is 0 Å². The van der Waals surface area contributed by atoms with Gasteiger partial charge >= 0.3 is 0 Å². The molecule has 1 aliphatic heterocycles. The average molecular weight is 541 g/mol. The van der Waals surface area contributed by atoms with Gasteiger partial charge in [0.15, 0.2) is 0 Å². The van der Waals surface area contributed by atoms with Gasteiger partial charge in [-0.2, -0.15) is 5.10 Å². The Balaban J connectivity index is 1.49. The summed E-state index contributed by atoms with van der Waals surface area (Å²) in [6, 6.07) is 22.1. The summed E-state index contributed by atoms with van der Waals surface area (Å²) in [4.78, 5) is 25.6. The van der Waals surface area contributed by atoms with Crippen molar-refractivity contribution in [3.05, 3.63) is 93.4 Å². The molecule has 1 unspecified atom stereocenters. The van der Waals surface area contributed by atoms with Crippen LogP contribution in [0.25, 0.3) is 0 Å². The smallest absolute Gasteiger partial charge is 0.243 e. The molecule has 1 atom stereocenters. The van der Waals surface area contributed by atoms with E-state index in [1.165, 1.54) is 5.01 Å². The van der Waals surface area contributed by atoms with Crippen LogP contribution in [0.2, 0.25) is 5.02 Å². The van der Waals surface area contributed by atoms with Crippen molar-refractivity contribution in [1.82, 2.24) is 5.01 Å². The van der Waals surface area contributed by atoms with E-state index in [1.807, 2.05) is 48.5 Å². The quantitative estimate of drug-likeness (QED) is 0.387. The molecule has 0 aliphatic carbocycles. The van der Waals surface area contributed by atoms with Gasteiger partial charge in [-0.1, -0.05) is 51.8 Å². The highest BCUT2D eigenvalue weighted by Crippen LogP contribution is 2.34. The van der Waals surface area contributed by atoms with Gasteiger partial charge in [0.25, 0.3) is 0 Å². The second-order valence-corrected chi connectivity index (χ2v) is 9.19. The van der Waals surface area contributed by atoms with Crippen molar-refractivity contribution < 1.29 is 14.3 Å². The van der Waals surface area contributed by atoms with Crippen LogP contribution in [0, 0.1) is 0 Å². The number of rotatable bonds is 7. The maximum atomic E-state index is 13.2. The molecule has 1 aliphatic rings. The number of hydrazone groups is 1. The van der Waals surface area contributed by atoms with Crippen molar-refractivity contribution in [2.24, 2.45) is 5.10 Å². The number of ether oxygens (including phenoxy) is 1. The topological polar surface area (TPSA) is 71.0 Å². The molecule has 3 aromatic carbocycles. The average Bonchev–Trinajstić information content (AvgIpc) is 3.30. The molecule has 0 aromatic heterocycles. The molecule has 34 heavy (non-hydrogen) atoms. The third kappa shape index (κ3) is 5.85. The van der Waals surface area contributed by atoms with Crippen LogP contribution in [0.15, 0.2) is 82.4 Å². The maximum absolute atomic E-state index is 13.2. The minimum absolute atomic E-state index is 0.0448. The molecule has 0 spiro atoms. The Morgan fingerprint density at radius 1 is 1.03 bits per heavy atom. The van der Waals surface area contributed by atoms with Gasteiger partial charge in [0.1, 0.15) is 5.75 Å². The van der Waals surface area contributed by atoms with E-state index in [4.69, 9.17) is 16.3 Å². The molecule has 8 heteroatoms. The molecule has 1 N–H and O–H groups in total. The fourth-order valence-electron chi connectivity index (χ4n) is 3.73. The van der Waals surface area contributed by atoms with Crippen LogP contribution < -0.4 is 10.1 Å². The third-order valence-electron chi connectivity index (χ3n) is 5.54. The maximum Gasteiger partial charge on any atom is 0.243 e. The number of anilines is 1. The Hall–Kier alpha value is -3.16. The lowest BCUT2D eigenvalue weighted by molar-refractivity contribution is -0.134. The van der Waals surface area contributed by atoms with Crippen molar-refractivity contribution in [2.75, 3.05) is 12.4 Å². The van der Waals surface area contributed by atoms with Crippen molar-refractivity contribution in [2.45, 2.75) is 25.3 Å². The summed E-state index contributed by atoms with van der Waals surface area (Å²) in [6.07, 6.45) is 0.677. The number of methoxy groups -OCH3 is 1. The molecule has 0 fully saturated rings. The molecule has 4 rings (SSSR count). The molecule has 2 amide bonds. The van der Waals surface area contributed by atoms with Crippen LogP contribution in [0.4, 0.5) is 5.69 Å². The number of nitrogens with zero attached hydrogens (tertiary/aromatic N) is 2. The summed E-state index contributed by atoms with van der Waals surface area (Å²) < 4.78 is 6.24. The lowest BCUT2D eigenvalue weighted by atomic mass is 9.98. The predicted octanol–water partition coefficient (Wildman–Crippen LogP) is 6.21. The monoisotopic (exact) mass is 539 g/mol. The van der Waals surface area contributed by atoms with E-state index < -0.39 is 0 Å². The van der Waals surface area contributed by atoms with Crippen LogP contribution in [0.3, 0.4) is 0 Å². The van der Waals surface area contributed by atoms with Gasteiger partial charge in [-0.05, 0) is 59.7 Å². The van der Waals surface area contributed by atoms with E-state index in [0.717, 1.165) is 27.1 Å². The van der Waals surface area contributed by atoms with E-state index in [2.05, 4.69) is 26.3 Å². The summed E-state index contributed by atoms with van der Waals surface area (Å²) in [5.41, 5.74) is 3.37. The molecular weight excluding hydrogens is 518 g/mol. The fourth-order valence-corrected chi connectivity index (χ4v) is 4.12. The van der Waals surface area contributed by atoms with Crippen molar-refractivity contribution in [1.29, 1.82) is 0 Å². The van der Waals surface area contributed by atoms with Crippen LogP contribution in [-0.4, -0.2) is 29.6 Å². The molecule has 3 aromatic rings. The van der Waals surface area contributed by atoms with Gasteiger partial charge in [0.2, 0.25) is 11.8 Å². The number of amides is 2. The molecule has 0 saturated carbocycles. The van der Waals surface area contributed by atoms with Gasteiger partial charge in [-0.25, -0.2) is 5.01 Å². The van der Waals surface area contributed by atoms with Gasteiger partial charge < -0.3 is 10.1 Å². The first-order chi connectivity index (χ1) is 16.4. The standard InChI is InChI=1S/C26H23BrClN3O3/c1-34-22-12-4-18(5-13-22)24-16-23(17-2-6-19(27)7-3-17)30-31(24)26(33)15-14-25(32)29-21-10-8-20(28)9-11-21/h2-13,24H,14-16H2,1H3,(H,29,32). The minimum atomic E-state index is -0.253. The van der Waals surface area contributed by atoms with Gasteiger partial charge in [-0.3, -0.25) is 9.59 Å². The zero-order valence-electron chi connectivity index (χ0n) is 18.5. The van der Waals surface area contributed by atoms with E-state index in [-0.39, 0.29) is 30.7 Å². The van der Waals surface area contributed by atoms with Crippen LogP contribution in [0.5, 0.6) is 5.75 Å². The zero-order valence-corrected chi connectivity index (χ0v) is 20.8. The Morgan fingerprint density at radius 3 is 2.35 bits per heavy atom. The first-order valence-electron chi connectivity index (χ1n) is 10.8. The van der Waals surface area contributed by atoms with Crippen LogP contribution >= 0.6 is 27.5 Å². The number of hydrogen-bond donors (Lipinski definition) is 1. The number of halogens is 2. The fraction of sp³-hybridized carbons (Fsp3) is 0.192. The number of benzene rings is 3. The minimum Gasteiger partial charge on any atom is -0.497 e. The first kappa shape index (κ1) is 24.0. The summed E-state index contributed by atoms with van der Waals surface area (Å²) in [6.45, 7) is 0. The van der Waals surface area contributed by atoms with Gasteiger partial charge in [-0.15, -0.1) is 0 Å². The van der Waals surface area contributed by atoms with E-state index in [0.29, 0.717) is 17.1 Å². The summed E-state index contributed by atoms with van der Waals surface area (Å²) in [5, 5.41) is 9.55. The number of hydrogen-bond acceptors (Lipinski definition) is 4. The summed E-state index contributed by atoms with van der Waals surface area (Å²) in [5.74, 6) is 0.291. The highest BCUT2D eigenvalue weighted by molar-refractivity contribution is 9.10. The zero-order chi connectivity index (χ0) is 24.1. The number of nitrogens with one attached hydrogen (secondary N) is 1. The van der Waals surface area contributed by atoms with E-state index in [9.17, 15) is 9.59 Å². The lowest BCUT2D eigenvalue weighted by Gasteiger charge is -2.22. The molecule has 0 radical (unpaired) electrons. The summed E-state index contributed by atoms with van der Waals surface area (Å²) in [7, 11) is 1.62. The predicted molar refractivity (Wildman–Crippen MR) is 137 cm³/mol. The Labute approximate surface area is 211 Å². The summed E-state index contributed by atoms with van der Waals surface area (Å²) >= 11 is 9.34. The normalized spacial score (nSPS) is 15.1. The SMILES string of the molecule is COc1ccc(C2CC(c3ccc(Br)cc3)=NN2C(=O)CCC(=O)Nc2ccc(Cl)cc2)cc1. The molecule has 174 valence electrons. The molecular formula is C26H23BrClN3O3. The highest BCUT2D eigenvalue weighted by atomic mass is 79.9. The molecule has 1 heterocycles. The van der Waals surface area contributed by atoms with Gasteiger partial charge in [0, 0.05) is 34.4 Å². The molecule has 0 bridgehead atoms. The molecule has 0 saturated heterocycles. The van der Waals surface area contributed by atoms with Crippen molar-refractivity contribution in [3.8, 4) is 5.75 Å². The third-order valence-corrected chi connectivity index (χ3v) is 6.32. The second-order valence-electron chi connectivity index (χ2n) is 7.84. The second kappa shape index (κ2) is 10.8. The van der Waals surface area contributed by atoms with Gasteiger partial charge in [0.05, 0.1) is 18.9 Å². The highest BCUT2D eigenvalue weighted by Gasteiger charge is 2.33. The van der Waals surface area contributed by atoms with E-state index in [1.54, 1.807) is 31.4 Å². The van der Waals surface area contributed by atoms with E-state index >= 15 is 0 Å². The van der Waals surface area contributed by atoms with Crippen LogP contribution in [0.1, 0.15) is 36.4 Å². The largest absolute Gasteiger partial charge is 0.497 e. The Morgan fingerprint density at radius 2 is 1.71 bits per heavy atom. The lowest BCUT2D eigenvalue weighted by Crippen LogP contribution is -2.28. The van der Waals surface area contributed by atoms with Crippen molar-refractivity contribution >= 4 is 50.7 Å². The number of carbonyl (C=O) groups is 2. The first-order valence-corrected chi connectivity index (χ1v) is 11.9. The number of carbonyl (C=O) groups excluding carboxylic acids is 2. The Bertz CT molecular complexity index is 1200.